The molecule has 5 aromatic rings. The van der Waals surface area contributed by atoms with Gasteiger partial charge in [-0.05, 0) is 82.2 Å². The van der Waals surface area contributed by atoms with Gasteiger partial charge in [0.25, 0.3) is 5.95 Å². The average molecular weight is 699 g/mol. The van der Waals surface area contributed by atoms with E-state index in [1.165, 1.54) is 0 Å². The molecule has 226 valence electrons. The highest BCUT2D eigenvalue weighted by Crippen LogP contribution is 2.38. The van der Waals surface area contributed by atoms with Gasteiger partial charge in [-0.3, -0.25) is 0 Å². The maximum absolute atomic E-state index is 6.29. The minimum atomic E-state index is 0.115. The molecule has 11 nitrogen and oxygen atoms in total. The topological polar surface area (TPSA) is 128 Å². The van der Waals surface area contributed by atoms with Crippen molar-refractivity contribution in [2.75, 3.05) is 24.9 Å². The van der Waals surface area contributed by atoms with Crippen molar-refractivity contribution >= 4 is 62.7 Å². The predicted octanol–water partition coefficient (Wildman–Crippen LogP) is 8.77. The standard InChI is InChI=1S/C30H26BrCl2N7O4/c1-41-22-9-7-21(8-10-22)36-29-37-28(34-16-23-4-3-11-43-23)38-30(39-29)40-35-15-18-12-24(31)27(26(13-18)42-2)44-17-19-5-6-20(32)14-25(19)33/h3-14H,15-17H2,1-2H3,(H2,34,36,37,38,39). The summed E-state index contributed by atoms with van der Waals surface area (Å²) in [5.41, 5.74) is 2.37. The third-order valence-corrected chi connectivity index (χ3v) is 7.24. The lowest BCUT2D eigenvalue weighted by Gasteiger charge is -2.14. The van der Waals surface area contributed by atoms with Gasteiger partial charge in [-0.25, -0.2) is 0 Å². The van der Waals surface area contributed by atoms with Crippen molar-refractivity contribution in [1.82, 2.24) is 15.0 Å². The highest BCUT2D eigenvalue weighted by Gasteiger charge is 2.14. The summed E-state index contributed by atoms with van der Waals surface area (Å²) in [5.74, 6) is 3.20. The molecule has 0 spiro atoms. The summed E-state index contributed by atoms with van der Waals surface area (Å²) in [5, 5.41) is 16.0. The van der Waals surface area contributed by atoms with Crippen LogP contribution >= 0.6 is 39.1 Å². The van der Waals surface area contributed by atoms with Crippen LogP contribution in [0, 0.1) is 0 Å². The van der Waals surface area contributed by atoms with Crippen LogP contribution in [-0.2, 0) is 19.7 Å². The fraction of sp³-hybridized carbons (Fsp3) is 0.167. The monoisotopic (exact) mass is 697 g/mol. The second-order valence-electron chi connectivity index (χ2n) is 9.10. The van der Waals surface area contributed by atoms with Gasteiger partial charge in [0.15, 0.2) is 11.5 Å². The second kappa shape index (κ2) is 14.9. The molecule has 2 N–H and O–H groups in total. The molecule has 0 aliphatic carbocycles. The Balaban J connectivity index is 1.31. The van der Waals surface area contributed by atoms with Crippen LogP contribution < -0.4 is 24.8 Å². The molecule has 0 saturated heterocycles. The summed E-state index contributed by atoms with van der Waals surface area (Å²) < 4.78 is 22.9. The molecule has 0 aliphatic heterocycles. The van der Waals surface area contributed by atoms with Crippen molar-refractivity contribution in [2.45, 2.75) is 19.7 Å². The van der Waals surface area contributed by atoms with Crippen LogP contribution in [0.3, 0.4) is 0 Å². The van der Waals surface area contributed by atoms with Gasteiger partial charge < -0.3 is 29.3 Å². The molecular weight excluding hydrogens is 673 g/mol. The lowest BCUT2D eigenvalue weighted by molar-refractivity contribution is 0.282. The molecule has 2 heterocycles. The minimum absolute atomic E-state index is 0.115. The second-order valence-corrected chi connectivity index (χ2v) is 10.8. The van der Waals surface area contributed by atoms with Gasteiger partial charge in [0.1, 0.15) is 18.1 Å². The lowest BCUT2D eigenvalue weighted by Crippen LogP contribution is -2.06. The number of nitrogens with one attached hydrogen (secondary N) is 2. The van der Waals surface area contributed by atoms with E-state index in [1.54, 1.807) is 32.6 Å². The number of azo groups is 1. The average Bonchev–Trinajstić information content (AvgIpc) is 3.54. The first-order chi connectivity index (χ1) is 21.4. The quantitative estimate of drug-likeness (QED) is 0.116. The molecule has 3 aromatic carbocycles. The largest absolute Gasteiger partial charge is 0.497 e. The van der Waals surface area contributed by atoms with Crippen molar-refractivity contribution in [3.8, 4) is 17.2 Å². The van der Waals surface area contributed by atoms with Crippen molar-refractivity contribution in [3.05, 3.63) is 104 Å². The smallest absolute Gasteiger partial charge is 0.275 e. The number of benzene rings is 3. The van der Waals surface area contributed by atoms with Crippen LogP contribution in [-0.4, -0.2) is 29.2 Å². The summed E-state index contributed by atoms with van der Waals surface area (Å²) in [6, 6.07) is 20.0. The van der Waals surface area contributed by atoms with E-state index in [9.17, 15) is 0 Å². The van der Waals surface area contributed by atoms with Gasteiger partial charge in [0.05, 0.1) is 38.0 Å². The van der Waals surface area contributed by atoms with E-state index in [0.29, 0.717) is 38.5 Å². The Bertz CT molecular complexity index is 1740. The maximum Gasteiger partial charge on any atom is 0.275 e. The molecule has 0 radical (unpaired) electrons. The number of furan rings is 1. The number of nitrogens with zero attached hydrogens (tertiary/aromatic N) is 5. The van der Waals surface area contributed by atoms with E-state index >= 15 is 0 Å². The highest BCUT2D eigenvalue weighted by atomic mass is 79.9. The minimum Gasteiger partial charge on any atom is -0.497 e. The van der Waals surface area contributed by atoms with Crippen LogP contribution in [0.4, 0.5) is 23.5 Å². The van der Waals surface area contributed by atoms with E-state index < -0.39 is 0 Å². The zero-order valence-electron chi connectivity index (χ0n) is 23.6. The molecule has 0 aliphatic rings. The van der Waals surface area contributed by atoms with Crippen LogP contribution in [0.25, 0.3) is 0 Å². The van der Waals surface area contributed by atoms with E-state index in [1.807, 2.05) is 54.6 Å². The van der Waals surface area contributed by atoms with Gasteiger partial charge in [-0.15, -0.1) is 5.11 Å². The Morgan fingerprint density at radius 2 is 1.75 bits per heavy atom. The highest BCUT2D eigenvalue weighted by molar-refractivity contribution is 9.10. The summed E-state index contributed by atoms with van der Waals surface area (Å²) >= 11 is 15.9. The van der Waals surface area contributed by atoms with Crippen molar-refractivity contribution in [3.63, 3.8) is 0 Å². The molecule has 0 saturated carbocycles. The Morgan fingerprint density at radius 3 is 2.48 bits per heavy atom. The molecule has 14 heteroatoms. The number of rotatable bonds is 13. The summed E-state index contributed by atoms with van der Waals surface area (Å²) in [6.07, 6.45) is 1.60. The molecule has 0 amide bonds. The Morgan fingerprint density at radius 1 is 0.932 bits per heavy atom. The number of halogens is 3. The van der Waals surface area contributed by atoms with E-state index in [-0.39, 0.29) is 25.0 Å². The van der Waals surface area contributed by atoms with Crippen LogP contribution in [0.15, 0.2) is 92.1 Å². The first-order valence-electron chi connectivity index (χ1n) is 13.1. The van der Waals surface area contributed by atoms with E-state index in [2.05, 4.69) is 51.7 Å². The fourth-order valence-electron chi connectivity index (χ4n) is 3.90. The number of ether oxygens (including phenoxy) is 3. The molecular formula is C30H26BrCl2N7O4. The Kier molecular flexibility index (Phi) is 10.5. The van der Waals surface area contributed by atoms with Gasteiger partial charge >= 0.3 is 0 Å². The SMILES string of the molecule is COc1ccc(Nc2nc(N=NCc3cc(Br)c(OCc4ccc(Cl)cc4Cl)c(OC)c3)nc(NCc3ccco3)n2)cc1. The van der Waals surface area contributed by atoms with E-state index in [4.69, 9.17) is 41.8 Å². The van der Waals surface area contributed by atoms with Crippen LogP contribution in [0.2, 0.25) is 10.0 Å². The van der Waals surface area contributed by atoms with Crippen molar-refractivity contribution in [2.24, 2.45) is 10.2 Å². The summed E-state index contributed by atoms with van der Waals surface area (Å²) in [6.45, 7) is 0.828. The predicted molar refractivity (Wildman–Crippen MR) is 172 cm³/mol. The van der Waals surface area contributed by atoms with Crippen LogP contribution in [0.1, 0.15) is 16.9 Å². The molecule has 0 unspecified atom stereocenters. The number of aromatic nitrogens is 3. The Labute approximate surface area is 271 Å². The number of hydrogen-bond acceptors (Lipinski definition) is 11. The van der Waals surface area contributed by atoms with Crippen molar-refractivity contribution < 1.29 is 18.6 Å². The Hall–Kier alpha value is -4.39. The third kappa shape index (κ3) is 8.37. The normalized spacial score (nSPS) is 11.0. The number of anilines is 3. The van der Waals surface area contributed by atoms with Gasteiger partial charge in [0, 0.05) is 21.3 Å². The molecule has 5 rings (SSSR count). The zero-order chi connectivity index (χ0) is 30.9. The van der Waals surface area contributed by atoms with Crippen LogP contribution in [0.5, 0.6) is 17.2 Å². The van der Waals surface area contributed by atoms with Gasteiger partial charge in [-0.1, -0.05) is 29.3 Å². The molecule has 0 bridgehead atoms. The number of methoxy groups -OCH3 is 2. The first-order valence-corrected chi connectivity index (χ1v) is 14.7. The van der Waals surface area contributed by atoms with E-state index in [0.717, 1.165) is 28.3 Å². The first kappa shape index (κ1) is 31.0. The van der Waals surface area contributed by atoms with Gasteiger partial charge in [0.2, 0.25) is 11.9 Å². The molecule has 0 fully saturated rings. The third-order valence-electron chi connectivity index (χ3n) is 6.06. The zero-order valence-corrected chi connectivity index (χ0v) is 26.7. The van der Waals surface area contributed by atoms with Crippen molar-refractivity contribution in [1.29, 1.82) is 0 Å². The molecule has 44 heavy (non-hydrogen) atoms. The summed E-state index contributed by atoms with van der Waals surface area (Å²) in [4.78, 5) is 13.3. The maximum atomic E-state index is 6.29. The lowest BCUT2D eigenvalue weighted by atomic mass is 10.2. The summed E-state index contributed by atoms with van der Waals surface area (Å²) in [7, 11) is 3.17. The molecule has 0 atom stereocenters. The number of hydrogen-bond donors (Lipinski definition) is 2. The molecule has 2 aromatic heterocycles. The van der Waals surface area contributed by atoms with Gasteiger partial charge in [-0.2, -0.15) is 20.1 Å². The fourth-order valence-corrected chi connectivity index (χ4v) is 4.97.